The van der Waals surface area contributed by atoms with Crippen molar-refractivity contribution in [2.75, 3.05) is 24.7 Å². The van der Waals surface area contributed by atoms with Gasteiger partial charge in [-0.25, -0.2) is 0 Å². The van der Waals surface area contributed by atoms with E-state index >= 15 is 0 Å². The van der Waals surface area contributed by atoms with Gasteiger partial charge in [0.25, 0.3) is 0 Å². The lowest BCUT2D eigenvalue weighted by atomic mass is 10.2. The fourth-order valence-electron chi connectivity index (χ4n) is 3.08. The Hall–Kier alpha value is -1.52. The Morgan fingerprint density at radius 3 is 2.21 bits per heavy atom. The third kappa shape index (κ3) is 4.31. The highest BCUT2D eigenvalue weighted by molar-refractivity contribution is 5.84. The van der Waals surface area contributed by atoms with E-state index in [1.54, 1.807) is 0 Å². The SMILES string of the molecule is CCOC(CN(c1ccc2c(ccn2C(C)C)c1)C(C)C)OCC. The molecule has 1 aromatic heterocycles. The Morgan fingerprint density at radius 2 is 1.67 bits per heavy atom. The van der Waals surface area contributed by atoms with Gasteiger partial charge < -0.3 is 18.9 Å². The van der Waals surface area contributed by atoms with Crippen molar-refractivity contribution < 1.29 is 9.47 Å². The molecule has 0 aliphatic heterocycles. The van der Waals surface area contributed by atoms with Crippen LogP contribution in [0.1, 0.15) is 47.6 Å². The fourth-order valence-corrected chi connectivity index (χ4v) is 3.08. The van der Waals surface area contributed by atoms with E-state index in [-0.39, 0.29) is 6.29 Å². The van der Waals surface area contributed by atoms with Gasteiger partial charge in [-0.15, -0.1) is 0 Å². The van der Waals surface area contributed by atoms with Gasteiger partial charge in [-0.3, -0.25) is 0 Å². The van der Waals surface area contributed by atoms with Crippen LogP contribution in [-0.4, -0.2) is 36.7 Å². The van der Waals surface area contributed by atoms with Gasteiger partial charge >= 0.3 is 0 Å². The summed E-state index contributed by atoms with van der Waals surface area (Å²) in [6, 6.07) is 9.73. The minimum absolute atomic E-state index is 0.196. The maximum Gasteiger partial charge on any atom is 0.174 e. The molecule has 0 spiro atoms. The molecule has 134 valence electrons. The molecule has 2 aromatic rings. The molecule has 2 rings (SSSR count). The van der Waals surface area contributed by atoms with Crippen molar-refractivity contribution >= 4 is 16.6 Å². The smallest absolute Gasteiger partial charge is 0.174 e. The van der Waals surface area contributed by atoms with Crippen molar-refractivity contribution in [3.05, 3.63) is 30.5 Å². The number of aromatic nitrogens is 1. The number of fused-ring (bicyclic) bond motifs is 1. The van der Waals surface area contributed by atoms with Crippen molar-refractivity contribution in [3.63, 3.8) is 0 Å². The molecule has 24 heavy (non-hydrogen) atoms. The van der Waals surface area contributed by atoms with Crippen LogP contribution < -0.4 is 4.90 Å². The van der Waals surface area contributed by atoms with Crippen LogP contribution in [-0.2, 0) is 9.47 Å². The predicted molar refractivity (Wildman–Crippen MR) is 102 cm³/mol. The van der Waals surface area contributed by atoms with Gasteiger partial charge in [-0.05, 0) is 65.8 Å². The van der Waals surface area contributed by atoms with Crippen molar-refractivity contribution in [2.24, 2.45) is 0 Å². The van der Waals surface area contributed by atoms with Crippen LogP contribution in [0.3, 0.4) is 0 Å². The molecular formula is C20H32N2O2. The van der Waals surface area contributed by atoms with Gasteiger partial charge in [-0.1, -0.05) is 0 Å². The van der Waals surface area contributed by atoms with Gasteiger partial charge in [0.15, 0.2) is 6.29 Å². The Balaban J connectivity index is 2.28. The number of benzene rings is 1. The van der Waals surface area contributed by atoms with E-state index in [0.717, 1.165) is 6.54 Å². The number of rotatable bonds is 9. The van der Waals surface area contributed by atoms with E-state index in [2.05, 4.69) is 67.6 Å². The quantitative estimate of drug-likeness (QED) is 0.615. The van der Waals surface area contributed by atoms with E-state index in [9.17, 15) is 0 Å². The van der Waals surface area contributed by atoms with Crippen LogP contribution in [0.4, 0.5) is 5.69 Å². The molecule has 0 aliphatic carbocycles. The molecule has 4 heteroatoms. The molecule has 0 bridgehead atoms. The second-order valence-corrected chi connectivity index (χ2v) is 6.65. The van der Waals surface area contributed by atoms with Crippen LogP contribution in [0.25, 0.3) is 10.9 Å². The zero-order valence-electron chi connectivity index (χ0n) is 16.0. The largest absolute Gasteiger partial charge is 0.364 e. The Kier molecular flexibility index (Phi) is 6.69. The van der Waals surface area contributed by atoms with E-state index in [1.165, 1.54) is 16.6 Å². The number of ether oxygens (including phenoxy) is 2. The van der Waals surface area contributed by atoms with E-state index in [1.807, 2.05) is 13.8 Å². The fraction of sp³-hybridized carbons (Fsp3) is 0.600. The standard InChI is InChI=1S/C20H32N2O2/c1-7-23-20(24-8-2)14-22(16(5)6)18-9-10-19-17(13-18)11-12-21(19)15(3)4/h9-13,15-16,20H,7-8,14H2,1-6H3. The van der Waals surface area contributed by atoms with Crippen LogP contribution in [0.5, 0.6) is 0 Å². The number of anilines is 1. The van der Waals surface area contributed by atoms with Crippen molar-refractivity contribution in [3.8, 4) is 0 Å². The minimum Gasteiger partial charge on any atom is -0.364 e. The zero-order valence-corrected chi connectivity index (χ0v) is 16.0. The second kappa shape index (κ2) is 8.54. The first-order chi connectivity index (χ1) is 11.5. The normalized spacial score (nSPS) is 12.0. The predicted octanol–water partition coefficient (Wildman–Crippen LogP) is 4.84. The van der Waals surface area contributed by atoms with E-state index in [4.69, 9.17) is 9.47 Å². The Morgan fingerprint density at radius 1 is 1.00 bits per heavy atom. The first-order valence-electron chi connectivity index (χ1n) is 9.08. The molecule has 0 radical (unpaired) electrons. The monoisotopic (exact) mass is 332 g/mol. The molecule has 0 saturated carbocycles. The number of hydrogen-bond donors (Lipinski definition) is 0. The highest BCUT2D eigenvalue weighted by Gasteiger charge is 2.18. The van der Waals surface area contributed by atoms with Crippen LogP contribution in [0, 0.1) is 0 Å². The molecule has 0 aliphatic rings. The molecular weight excluding hydrogens is 300 g/mol. The number of hydrogen-bond acceptors (Lipinski definition) is 3. The lowest BCUT2D eigenvalue weighted by Gasteiger charge is -2.32. The summed E-state index contributed by atoms with van der Waals surface area (Å²) in [4.78, 5) is 2.35. The lowest BCUT2D eigenvalue weighted by molar-refractivity contribution is -0.130. The van der Waals surface area contributed by atoms with Crippen LogP contribution >= 0.6 is 0 Å². The van der Waals surface area contributed by atoms with Gasteiger partial charge in [0.2, 0.25) is 0 Å². The maximum atomic E-state index is 5.74. The summed E-state index contributed by atoms with van der Waals surface area (Å²) in [5.74, 6) is 0. The molecule has 0 saturated heterocycles. The average molecular weight is 332 g/mol. The zero-order chi connectivity index (χ0) is 17.7. The second-order valence-electron chi connectivity index (χ2n) is 6.65. The Labute approximate surface area is 146 Å². The molecule has 4 nitrogen and oxygen atoms in total. The van der Waals surface area contributed by atoms with E-state index < -0.39 is 0 Å². The Bertz CT molecular complexity index is 628. The highest BCUT2D eigenvalue weighted by atomic mass is 16.7. The molecule has 0 fully saturated rings. The summed E-state index contributed by atoms with van der Waals surface area (Å²) >= 11 is 0. The van der Waals surface area contributed by atoms with Gasteiger partial charge in [-0.2, -0.15) is 0 Å². The van der Waals surface area contributed by atoms with Gasteiger partial charge in [0.1, 0.15) is 0 Å². The first-order valence-corrected chi connectivity index (χ1v) is 9.08. The third-order valence-electron chi connectivity index (χ3n) is 4.27. The van der Waals surface area contributed by atoms with E-state index in [0.29, 0.717) is 25.3 Å². The molecule has 1 heterocycles. The highest BCUT2D eigenvalue weighted by Crippen LogP contribution is 2.27. The first kappa shape index (κ1) is 18.8. The molecule has 0 unspecified atom stereocenters. The summed E-state index contributed by atoms with van der Waals surface area (Å²) in [5.41, 5.74) is 2.49. The van der Waals surface area contributed by atoms with Crippen LogP contribution in [0.2, 0.25) is 0 Å². The number of nitrogens with zero attached hydrogens (tertiary/aromatic N) is 2. The molecule has 1 aromatic carbocycles. The molecule has 0 amide bonds. The third-order valence-corrected chi connectivity index (χ3v) is 4.27. The summed E-state index contributed by atoms with van der Waals surface area (Å²) in [6.45, 7) is 14.9. The van der Waals surface area contributed by atoms with Gasteiger partial charge in [0, 0.05) is 48.1 Å². The van der Waals surface area contributed by atoms with Crippen molar-refractivity contribution in [1.82, 2.24) is 4.57 Å². The maximum absolute atomic E-state index is 5.74. The molecule has 0 N–H and O–H groups in total. The molecule has 0 atom stereocenters. The summed E-state index contributed by atoms with van der Waals surface area (Å²) in [6.07, 6.45) is 1.97. The van der Waals surface area contributed by atoms with Crippen molar-refractivity contribution in [1.29, 1.82) is 0 Å². The van der Waals surface area contributed by atoms with Crippen molar-refractivity contribution in [2.45, 2.75) is 59.9 Å². The van der Waals surface area contributed by atoms with Crippen LogP contribution in [0.15, 0.2) is 30.5 Å². The summed E-state index contributed by atoms with van der Waals surface area (Å²) < 4.78 is 13.8. The minimum atomic E-state index is -0.196. The lowest BCUT2D eigenvalue weighted by Crippen LogP contribution is -2.40. The van der Waals surface area contributed by atoms with Gasteiger partial charge in [0.05, 0.1) is 6.54 Å². The summed E-state index contributed by atoms with van der Waals surface area (Å²) in [5, 5.41) is 1.27. The average Bonchev–Trinajstić information content (AvgIpc) is 2.95. The summed E-state index contributed by atoms with van der Waals surface area (Å²) in [7, 11) is 0. The topological polar surface area (TPSA) is 26.6 Å².